The van der Waals surface area contributed by atoms with Gasteiger partial charge in [-0.15, -0.1) is 0 Å². The van der Waals surface area contributed by atoms with E-state index in [2.05, 4.69) is 5.32 Å². The molecule has 0 unspecified atom stereocenters. The van der Waals surface area contributed by atoms with Crippen LogP contribution >= 0.6 is 19.2 Å². The summed E-state index contributed by atoms with van der Waals surface area (Å²) in [5, 5.41) is 2.69. The maximum atomic E-state index is 12.2. The number of hydrogen-bond acceptors (Lipinski definition) is 4. The highest BCUT2D eigenvalue weighted by Gasteiger charge is 2.31. The van der Waals surface area contributed by atoms with Gasteiger partial charge in [0.05, 0.1) is 12.2 Å². The molecular formula is C9H19ClNO3P. The maximum Gasteiger partial charge on any atom is 0.374 e. The van der Waals surface area contributed by atoms with Gasteiger partial charge in [0.1, 0.15) is 4.77 Å². The van der Waals surface area contributed by atoms with E-state index >= 15 is 0 Å². The standard InChI is InChI=1S/C9H19ClNO3P/c1-7(2)13-15(12,14-8(3)4)9(10)6-11-5/h6-8,11H,1-5H3. The summed E-state index contributed by atoms with van der Waals surface area (Å²) in [5.74, 6) is 0. The molecule has 0 aliphatic heterocycles. The average molecular weight is 256 g/mol. The van der Waals surface area contributed by atoms with Crippen molar-refractivity contribution in [1.82, 2.24) is 5.32 Å². The monoisotopic (exact) mass is 255 g/mol. The summed E-state index contributed by atoms with van der Waals surface area (Å²) in [4.78, 5) is 0. The molecule has 0 spiro atoms. The zero-order valence-electron chi connectivity index (χ0n) is 9.78. The maximum absolute atomic E-state index is 12.2. The predicted octanol–water partition coefficient (Wildman–Crippen LogP) is 3.29. The van der Waals surface area contributed by atoms with Gasteiger partial charge < -0.3 is 14.4 Å². The van der Waals surface area contributed by atoms with E-state index in [1.807, 2.05) is 0 Å². The lowest BCUT2D eigenvalue weighted by Crippen LogP contribution is -2.09. The number of nitrogens with one attached hydrogen (secondary N) is 1. The molecule has 0 amide bonds. The van der Waals surface area contributed by atoms with Crippen molar-refractivity contribution in [2.75, 3.05) is 7.05 Å². The van der Waals surface area contributed by atoms with Crippen LogP contribution in [0.1, 0.15) is 27.7 Å². The van der Waals surface area contributed by atoms with Crippen LogP contribution < -0.4 is 5.32 Å². The molecular weight excluding hydrogens is 237 g/mol. The molecule has 0 saturated carbocycles. The first-order chi connectivity index (χ1) is 6.81. The zero-order chi connectivity index (χ0) is 12.1. The van der Waals surface area contributed by atoms with Gasteiger partial charge in [0.25, 0.3) is 0 Å². The summed E-state index contributed by atoms with van der Waals surface area (Å²) >= 11 is 5.86. The third kappa shape index (κ3) is 5.57. The fourth-order valence-electron chi connectivity index (χ4n) is 0.879. The van der Waals surface area contributed by atoms with E-state index in [4.69, 9.17) is 20.6 Å². The lowest BCUT2D eigenvalue weighted by Gasteiger charge is -2.21. The van der Waals surface area contributed by atoms with Crippen LogP contribution in [0.4, 0.5) is 0 Å². The fraction of sp³-hybridized carbons (Fsp3) is 0.778. The second-order valence-electron chi connectivity index (χ2n) is 3.56. The lowest BCUT2D eigenvalue weighted by molar-refractivity contribution is 0.148. The molecule has 0 aromatic rings. The smallest absolute Gasteiger partial charge is 0.374 e. The second kappa shape index (κ2) is 6.54. The summed E-state index contributed by atoms with van der Waals surface area (Å²) in [6.07, 6.45) is 0.981. The lowest BCUT2D eigenvalue weighted by atomic mass is 10.5. The van der Waals surface area contributed by atoms with E-state index in [0.29, 0.717) is 0 Å². The summed E-state index contributed by atoms with van der Waals surface area (Å²) in [7, 11) is -1.71. The Labute approximate surface area is 96.5 Å². The van der Waals surface area contributed by atoms with Gasteiger partial charge in [0.2, 0.25) is 0 Å². The molecule has 0 atom stereocenters. The van der Waals surface area contributed by atoms with Gasteiger partial charge in [0.15, 0.2) is 0 Å². The van der Waals surface area contributed by atoms with Crippen molar-refractivity contribution in [2.24, 2.45) is 0 Å². The van der Waals surface area contributed by atoms with Gasteiger partial charge in [-0.1, -0.05) is 11.6 Å². The van der Waals surface area contributed by atoms with Crippen molar-refractivity contribution in [2.45, 2.75) is 39.9 Å². The number of halogens is 1. The highest BCUT2D eigenvalue weighted by atomic mass is 35.5. The Morgan fingerprint density at radius 3 is 1.93 bits per heavy atom. The molecule has 0 saturated heterocycles. The van der Waals surface area contributed by atoms with Gasteiger partial charge in [-0.05, 0) is 27.7 Å². The molecule has 15 heavy (non-hydrogen) atoms. The van der Waals surface area contributed by atoms with E-state index in [1.165, 1.54) is 6.20 Å². The van der Waals surface area contributed by atoms with Crippen LogP contribution in [0.5, 0.6) is 0 Å². The molecule has 0 aromatic heterocycles. The highest BCUT2D eigenvalue weighted by Crippen LogP contribution is 2.59. The minimum absolute atomic E-state index is 0.0624. The van der Waals surface area contributed by atoms with Crippen LogP contribution in [-0.4, -0.2) is 19.3 Å². The first-order valence-electron chi connectivity index (χ1n) is 4.82. The minimum Gasteiger partial charge on any atom is -0.393 e. The third-order valence-corrected chi connectivity index (χ3v) is 4.01. The molecule has 90 valence electrons. The molecule has 0 aromatic carbocycles. The normalized spacial score (nSPS) is 13.7. The van der Waals surface area contributed by atoms with Crippen molar-refractivity contribution in [1.29, 1.82) is 0 Å². The van der Waals surface area contributed by atoms with E-state index in [9.17, 15) is 4.57 Å². The van der Waals surface area contributed by atoms with Crippen LogP contribution in [0.25, 0.3) is 0 Å². The first kappa shape index (κ1) is 15.0. The Kier molecular flexibility index (Phi) is 6.53. The summed E-state index contributed by atoms with van der Waals surface area (Å²) in [6, 6.07) is 0. The topological polar surface area (TPSA) is 47.6 Å². The van der Waals surface area contributed by atoms with Gasteiger partial charge in [0, 0.05) is 13.2 Å². The van der Waals surface area contributed by atoms with Crippen LogP contribution in [0, 0.1) is 0 Å². The van der Waals surface area contributed by atoms with Crippen LogP contribution in [-0.2, 0) is 13.6 Å². The molecule has 0 heterocycles. The number of hydrogen-bond donors (Lipinski definition) is 1. The SMILES string of the molecule is CNC=C(Cl)P(=O)(OC(C)C)OC(C)C. The highest BCUT2D eigenvalue weighted by molar-refractivity contribution is 7.61. The summed E-state index contributed by atoms with van der Waals surface area (Å²) in [6.45, 7) is 7.11. The summed E-state index contributed by atoms with van der Waals surface area (Å²) < 4.78 is 22.8. The van der Waals surface area contributed by atoms with E-state index in [0.717, 1.165) is 0 Å². The zero-order valence-corrected chi connectivity index (χ0v) is 11.4. The van der Waals surface area contributed by atoms with Crippen molar-refractivity contribution in [3.63, 3.8) is 0 Å². The molecule has 0 fully saturated rings. The molecule has 1 N–H and O–H groups in total. The third-order valence-electron chi connectivity index (χ3n) is 1.22. The molecule has 0 aliphatic carbocycles. The Balaban J connectivity index is 4.85. The molecule has 6 heteroatoms. The van der Waals surface area contributed by atoms with Crippen LogP contribution in [0.15, 0.2) is 11.0 Å². The van der Waals surface area contributed by atoms with Crippen LogP contribution in [0.2, 0.25) is 0 Å². The molecule has 0 aliphatic rings. The van der Waals surface area contributed by atoms with Crippen molar-refractivity contribution < 1.29 is 13.6 Å². The van der Waals surface area contributed by atoms with Crippen molar-refractivity contribution >= 4 is 19.2 Å². The molecule has 0 bridgehead atoms. The van der Waals surface area contributed by atoms with Gasteiger partial charge in [-0.25, -0.2) is 0 Å². The first-order valence-corrected chi connectivity index (χ1v) is 6.74. The molecule has 4 nitrogen and oxygen atoms in total. The second-order valence-corrected chi connectivity index (χ2v) is 6.13. The Morgan fingerprint density at radius 1 is 1.27 bits per heavy atom. The number of rotatable bonds is 6. The van der Waals surface area contributed by atoms with Crippen LogP contribution in [0.3, 0.4) is 0 Å². The fourth-order valence-corrected chi connectivity index (χ4v) is 2.88. The van der Waals surface area contributed by atoms with Crippen molar-refractivity contribution in [3.05, 3.63) is 11.0 Å². The van der Waals surface area contributed by atoms with Gasteiger partial charge in [-0.2, -0.15) is 0 Å². The Hall–Kier alpha value is -0.0200. The molecule has 0 rings (SSSR count). The predicted molar refractivity (Wildman–Crippen MR) is 63.0 cm³/mol. The summed E-state index contributed by atoms with van der Waals surface area (Å²) in [5.41, 5.74) is 0. The molecule has 0 radical (unpaired) electrons. The van der Waals surface area contributed by atoms with E-state index < -0.39 is 7.60 Å². The van der Waals surface area contributed by atoms with Gasteiger partial charge >= 0.3 is 7.60 Å². The van der Waals surface area contributed by atoms with Gasteiger partial charge in [-0.3, -0.25) is 4.57 Å². The van der Waals surface area contributed by atoms with Crippen molar-refractivity contribution in [3.8, 4) is 0 Å². The van der Waals surface area contributed by atoms with E-state index in [1.54, 1.807) is 34.7 Å². The average Bonchev–Trinajstić information content (AvgIpc) is 2.01. The van der Waals surface area contributed by atoms with E-state index in [-0.39, 0.29) is 17.0 Å². The quantitative estimate of drug-likeness (QED) is 0.740. The largest absolute Gasteiger partial charge is 0.393 e. The minimum atomic E-state index is -3.38. The Bertz CT molecular complexity index is 252. The Morgan fingerprint density at radius 2 is 1.67 bits per heavy atom.